The molecule has 1 aliphatic heterocycles. The van der Waals surface area contributed by atoms with E-state index >= 15 is 0 Å². The van der Waals surface area contributed by atoms with Crippen molar-refractivity contribution in [1.82, 2.24) is 89.8 Å². The summed E-state index contributed by atoms with van der Waals surface area (Å²) < 4.78 is 77.5. The number of amides is 4. The lowest BCUT2D eigenvalue weighted by Gasteiger charge is -2.26. The highest BCUT2D eigenvalue weighted by Crippen LogP contribution is 2.39. The van der Waals surface area contributed by atoms with Crippen molar-refractivity contribution < 1.29 is 55.7 Å². The minimum Gasteiger partial charge on any atom is -0.458 e. The third-order valence-corrected chi connectivity index (χ3v) is 23.6. The van der Waals surface area contributed by atoms with Crippen LogP contribution in [-0.4, -0.2) is 183 Å². The summed E-state index contributed by atoms with van der Waals surface area (Å²) in [6.45, 7) is 18.9. The molecule has 18 aromatic rings. The topological polar surface area (TPSA) is 355 Å². The van der Waals surface area contributed by atoms with Crippen molar-refractivity contribution in [1.29, 1.82) is 0 Å². The van der Waals surface area contributed by atoms with Crippen molar-refractivity contribution in [2.75, 3.05) is 72.2 Å². The lowest BCUT2D eigenvalue weighted by molar-refractivity contribution is 0.0361. The Bertz CT molecular complexity index is 7570. The summed E-state index contributed by atoms with van der Waals surface area (Å²) in [4.78, 5) is 91.6. The van der Waals surface area contributed by atoms with E-state index in [0.717, 1.165) is 161 Å². The highest BCUT2D eigenvalue weighted by atomic mass is 19.1. The molecule has 1 saturated heterocycles. The van der Waals surface area contributed by atoms with Crippen LogP contribution in [0.15, 0.2) is 274 Å². The van der Waals surface area contributed by atoms with Crippen LogP contribution in [0.4, 0.5) is 36.7 Å². The fourth-order valence-corrected chi connectivity index (χ4v) is 16.5. The molecule has 0 radical (unpaired) electrons. The molecule has 0 spiro atoms. The maximum Gasteiger partial charge on any atom is 0.408 e. The Morgan fingerprint density at radius 2 is 0.879 bits per heavy atom. The molecule has 140 heavy (non-hydrogen) atoms. The maximum atomic E-state index is 14.0. The molecule has 32 heteroatoms. The maximum absolute atomic E-state index is 14.0. The van der Waals surface area contributed by atoms with Gasteiger partial charge in [-0.2, -0.15) is 29.3 Å². The number of nitrogens with one attached hydrogen (secondary N) is 5. The summed E-state index contributed by atoms with van der Waals surface area (Å²) in [5.41, 5.74) is 30.7. The number of hydrogen-bond acceptors (Lipinski definition) is 19. The van der Waals surface area contributed by atoms with Gasteiger partial charge in [0.2, 0.25) is 5.82 Å². The van der Waals surface area contributed by atoms with Crippen molar-refractivity contribution in [2.24, 2.45) is 11.5 Å². The molecule has 0 aliphatic carbocycles. The number of hydrogen-bond donors (Lipinski definition) is 7. The first-order valence-corrected chi connectivity index (χ1v) is 45.9. The molecule has 9 N–H and O–H groups in total. The summed E-state index contributed by atoms with van der Waals surface area (Å²) in [6, 6.07) is 62.8. The Labute approximate surface area is 804 Å². The molecule has 0 saturated carbocycles. The van der Waals surface area contributed by atoms with Crippen LogP contribution in [0.5, 0.6) is 0 Å². The number of rotatable bonds is 23. The second-order valence-corrected chi connectivity index (χ2v) is 34.7. The zero-order chi connectivity index (χ0) is 98.1. The van der Waals surface area contributed by atoms with Crippen LogP contribution >= 0.6 is 0 Å². The van der Waals surface area contributed by atoms with E-state index < -0.39 is 23.7 Å². The number of imidazole rings is 1. The van der Waals surface area contributed by atoms with E-state index in [1.165, 1.54) is 38.3 Å². The number of nitrogens with zero attached hydrogens (tertiary/aromatic N) is 13. The molecular formula is C108H104F4N20O8. The number of aromatic nitrogens is 13. The number of alkyl carbamates (subject to hydrolysis) is 1. The summed E-state index contributed by atoms with van der Waals surface area (Å²) >= 11 is 0. The predicted octanol–water partition coefficient (Wildman–Crippen LogP) is 19.6. The van der Waals surface area contributed by atoms with Crippen LogP contribution in [0.25, 0.3) is 139 Å². The first kappa shape index (κ1) is 96.8. The number of halogens is 4. The molecule has 1 fully saturated rings. The summed E-state index contributed by atoms with van der Waals surface area (Å²) in [7, 11) is 0. The third-order valence-electron chi connectivity index (χ3n) is 23.6. The third kappa shape index (κ3) is 23.0. The number of benzene rings is 8. The molecule has 1 aliphatic rings. The van der Waals surface area contributed by atoms with Crippen molar-refractivity contribution in [3.05, 3.63) is 331 Å². The van der Waals surface area contributed by atoms with Gasteiger partial charge in [0, 0.05) is 154 Å². The molecule has 712 valence electrons. The molecule has 4 amide bonds. The summed E-state index contributed by atoms with van der Waals surface area (Å²) in [5.74, 6) is -1.56. The number of fused-ring (bicyclic) bond motifs is 5. The Kier molecular flexibility index (Phi) is 30.6. The van der Waals surface area contributed by atoms with Crippen LogP contribution in [-0.2, 0) is 20.6 Å². The van der Waals surface area contributed by atoms with E-state index in [1.54, 1.807) is 157 Å². The van der Waals surface area contributed by atoms with Gasteiger partial charge in [0.05, 0.1) is 88.9 Å². The van der Waals surface area contributed by atoms with Gasteiger partial charge in [0.1, 0.15) is 35.5 Å². The largest absolute Gasteiger partial charge is 0.458 e. The number of carbonyl (C=O) groups excluding carboxylic acids is 5. The highest BCUT2D eigenvalue weighted by molar-refractivity contribution is 5.98. The summed E-state index contributed by atoms with van der Waals surface area (Å²) in [5, 5.41) is 27.6. The Morgan fingerprint density at radius 1 is 0.464 bits per heavy atom. The second kappa shape index (κ2) is 44.2. The zero-order valence-electron chi connectivity index (χ0n) is 78.2. The number of pyridine rings is 5. The van der Waals surface area contributed by atoms with Crippen molar-refractivity contribution >= 4 is 79.3 Å². The average Bonchev–Trinajstić information content (AvgIpc) is 1.56. The number of para-hydroxylation sites is 1. The van der Waals surface area contributed by atoms with Crippen molar-refractivity contribution in [2.45, 2.75) is 79.4 Å². The van der Waals surface area contributed by atoms with Crippen LogP contribution < -0.4 is 32.7 Å². The number of ether oxygens (including phenoxy) is 3. The molecule has 0 unspecified atom stereocenters. The normalized spacial score (nSPS) is 12.3. The van der Waals surface area contributed by atoms with E-state index in [4.69, 9.17) is 25.7 Å². The van der Waals surface area contributed by atoms with Gasteiger partial charge in [-0.15, -0.1) is 0 Å². The average molecular weight is 1890 g/mol. The number of H-pyrrole nitrogens is 1. The summed E-state index contributed by atoms with van der Waals surface area (Å²) in [6.07, 6.45) is 18.5. The predicted molar refractivity (Wildman–Crippen MR) is 534 cm³/mol. The van der Waals surface area contributed by atoms with Gasteiger partial charge < -0.3 is 51.9 Å². The van der Waals surface area contributed by atoms with E-state index in [9.17, 15) is 41.5 Å². The molecule has 28 nitrogen and oxygen atoms in total. The van der Waals surface area contributed by atoms with Gasteiger partial charge in [0.15, 0.2) is 0 Å². The highest BCUT2D eigenvalue weighted by Gasteiger charge is 2.27. The fourth-order valence-electron chi connectivity index (χ4n) is 16.5. The minimum absolute atomic E-state index is 0.0861. The lowest BCUT2D eigenvalue weighted by atomic mass is 9.97. The van der Waals surface area contributed by atoms with Gasteiger partial charge in [-0.25, -0.2) is 46.5 Å². The SMILES string of the molecule is Cc1cc(-c2ncccc2-c2ccc3c(cnn3C(=O)NCCCN)c2)ccc1F.Cc1cc(-c2ncccc2-c2ccc3c(cnn3C(=O)NCCCN3CCOCC3)c2)ccc1F.Cc1cc(-c2ncccc2-c2ccc3c(cnn3C(=O)NCCN)c2)ccc1F.Cc1cc(-c2ncccc2-c2ccc3cnc(C(=O)OC[C@H](Cc4c[nH]c5ccccc45)NC(=O)OC(C)(C)C)n3c2)ccc1F. The molecule has 19 rings (SSSR count). The molecule has 1 atom stereocenters. The monoisotopic (exact) mass is 1880 g/mol. The van der Waals surface area contributed by atoms with Crippen molar-refractivity contribution in [3.8, 4) is 89.5 Å². The Balaban J connectivity index is 0.000000137. The number of aryl methyl sites for hydroxylation is 4. The van der Waals surface area contributed by atoms with Gasteiger partial charge >= 0.3 is 30.2 Å². The number of aromatic amines is 1. The lowest BCUT2D eigenvalue weighted by Crippen LogP contribution is -2.43. The van der Waals surface area contributed by atoms with Gasteiger partial charge in [-0.1, -0.05) is 66.7 Å². The smallest absolute Gasteiger partial charge is 0.408 e. The zero-order valence-corrected chi connectivity index (χ0v) is 78.2. The first-order chi connectivity index (χ1) is 67.8. The van der Waals surface area contributed by atoms with E-state index in [0.29, 0.717) is 90.1 Å². The van der Waals surface area contributed by atoms with E-state index in [2.05, 4.69) is 71.4 Å². The standard InChI is InChI=1S/C36H34FN5O4.C27H28FN5O2.C23H22FN5O.C22H20FN5O/c1-22-16-23(12-14-30(22)37)32-29(9-7-15-38-32)24-11-13-27-19-40-33(42(27)20-24)34(43)45-21-26(41-35(44)46-36(2,3)4)17-25-18-39-31-10-6-5-8-28(25)31;1-19-16-21(5-7-24(19)28)26-23(4-2-9-29-26)20-6-8-25-22(17-20)18-31-33(25)27(34)30-10-3-11-32-12-14-35-15-13-32;1-15-12-17(5-7-20(15)24)22-19(4-2-10-26-22)16-6-8-21-18(13-16)14-28-29(21)23(30)27-11-3-9-25;1-14-11-16(4-6-19(14)23)21-18(3-2-9-25-21)15-5-7-20-17(12-15)13-27-28(20)22(29)26-10-8-24/h5-16,18-20,26,39H,17,21H2,1-4H3,(H,41,44);2,4-9,16-18H,3,10-15H2,1H3,(H,30,34);2,4-8,10,12-14H,3,9,11,25H2,1H3,(H,27,30);2-7,9,11-13H,8,10,24H2,1H3,(H,26,29)/t26-;;;/m0.../s1. The van der Waals surface area contributed by atoms with Gasteiger partial charge in [0.25, 0.3) is 0 Å². The van der Waals surface area contributed by atoms with E-state index in [-0.39, 0.29) is 53.8 Å². The quantitative estimate of drug-likeness (QED) is 0.0178. The molecule has 11 heterocycles. The van der Waals surface area contributed by atoms with Crippen molar-refractivity contribution in [3.63, 3.8) is 0 Å². The van der Waals surface area contributed by atoms with Crippen LogP contribution in [0.1, 0.15) is 72.0 Å². The van der Waals surface area contributed by atoms with Crippen LogP contribution in [0, 0.1) is 51.0 Å². The number of morpholine rings is 1. The first-order valence-electron chi connectivity index (χ1n) is 45.9. The van der Waals surface area contributed by atoms with Crippen LogP contribution in [0.3, 0.4) is 0 Å². The Hall–Kier alpha value is -16.3. The fraction of sp³-hybridized carbons (Fsp3) is 0.213. The van der Waals surface area contributed by atoms with E-state index in [1.807, 2.05) is 146 Å². The number of nitrogens with two attached hydrogens (primary N) is 2. The second-order valence-electron chi connectivity index (χ2n) is 34.7. The molecule has 0 bridgehead atoms. The van der Waals surface area contributed by atoms with Gasteiger partial charge in [-0.05, 0) is 271 Å². The minimum atomic E-state index is -0.692. The molecular weight excluding hydrogens is 1780 g/mol. The Morgan fingerprint density at radius 3 is 1.31 bits per heavy atom. The van der Waals surface area contributed by atoms with Gasteiger partial charge in [-0.3, -0.25) is 29.2 Å². The molecule has 10 aromatic heterocycles. The van der Waals surface area contributed by atoms with Crippen LogP contribution in [0.2, 0.25) is 0 Å². The molecule has 8 aromatic carbocycles. The number of esters is 1. The number of carbonyl (C=O) groups is 5.